The first-order valence-electron chi connectivity index (χ1n) is 28.6. The van der Waals surface area contributed by atoms with Crippen molar-refractivity contribution in [2.45, 2.75) is 87.2 Å². The largest absolute Gasteiger partial charge is 0.452 e. The fraction of sp³-hybridized carbons (Fsp3) is 0.229. The average molecular weight is 1210 g/mol. The molecule has 0 aromatic heterocycles. The summed E-state index contributed by atoms with van der Waals surface area (Å²) >= 11 is 0. The maximum atomic E-state index is 14.7. The fourth-order valence-electron chi connectivity index (χ4n) is 10.7. The smallest absolute Gasteiger partial charge is 0.338 e. The molecule has 8 aromatic carbocycles. The number of carbonyl (C=O) groups is 6. The van der Waals surface area contributed by atoms with Gasteiger partial charge in [0.1, 0.15) is 12.2 Å². The number of benzene rings is 8. The van der Waals surface area contributed by atoms with Gasteiger partial charge in [-0.15, -0.1) is 0 Å². The van der Waals surface area contributed by atoms with Crippen molar-refractivity contribution in [1.82, 2.24) is 0 Å². The number of rotatable bonds is 20. The minimum absolute atomic E-state index is 0.0566. The summed E-state index contributed by atoms with van der Waals surface area (Å²) in [5.74, 6) is -5.54. The van der Waals surface area contributed by atoms with Crippen LogP contribution >= 0.6 is 0 Å². The van der Waals surface area contributed by atoms with Gasteiger partial charge in [0, 0.05) is 0 Å². The molecule has 8 aromatic rings. The minimum Gasteiger partial charge on any atom is -0.452 e. The predicted octanol–water partition coefficient (Wildman–Crippen LogP) is 9.38. The van der Waals surface area contributed by atoms with Gasteiger partial charge in [0.15, 0.2) is 49.2 Å². The zero-order valence-corrected chi connectivity index (χ0v) is 49.3. The molecule has 18 heteroatoms. The molecule has 0 spiro atoms. The van der Waals surface area contributed by atoms with Crippen molar-refractivity contribution in [3.63, 3.8) is 0 Å². The second kappa shape index (κ2) is 28.4. The SMILES string of the molecule is CC(C)(C)[Si](OC[C@H]1O[C@H](OC[C@H]2O[C@H](O)[C@@H](OC(=O)c3ccccc3)[C@@H](OC(=O)c3ccccc3)[C@@H]2OC(=O)c2ccccc2)[C@@H](OC(=O)c2ccccc2)[C@@H](OC(=O)c2ccccc2)[C@@H]1OC(=O)c1ccccc1)(c1ccccc1)c1ccccc1. The van der Waals surface area contributed by atoms with Crippen LogP contribution in [0.2, 0.25) is 5.04 Å². The first-order valence-corrected chi connectivity index (χ1v) is 30.5. The third-order valence-electron chi connectivity index (χ3n) is 15.0. The Morgan fingerprint density at radius 3 is 0.932 bits per heavy atom. The van der Waals surface area contributed by atoms with E-state index in [-0.39, 0.29) is 40.0 Å². The zero-order chi connectivity index (χ0) is 61.6. The highest BCUT2D eigenvalue weighted by Crippen LogP contribution is 2.39. The first-order chi connectivity index (χ1) is 42.7. The lowest BCUT2D eigenvalue weighted by Crippen LogP contribution is -2.69. The lowest BCUT2D eigenvalue weighted by atomic mass is 9.96. The van der Waals surface area contributed by atoms with E-state index < -0.39 is 117 Å². The van der Waals surface area contributed by atoms with Crippen LogP contribution in [0.1, 0.15) is 82.9 Å². The van der Waals surface area contributed by atoms with Gasteiger partial charge >= 0.3 is 35.8 Å². The van der Waals surface area contributed by atoms with E-state index in [1.54, 1.807) is 121 Å². The van der Waals surface area contributed by atoms with Gasteiger partial charge in [0.05, 0.1) is 46.6 Å². The van der Waals surface area contributed by atoms with Gasteiger partial charge < -0.3 is 52.2 Å². The third kappa shape index (κ3) is 14.4. The molecule has 450 valence electrons. The number of aliphatic hydroxyl groups is 1. The number of esters is 6. The number of aliphatic hydroxyl groups excluding tert-OH is 1. The van der Waals surface area contributed by atoms with E-state index in [2.05, 4.69) is 20.8 Å². The number of hydrogen-bond acceptors (Lipinski definition) is 17. The third-order valence-corrected chi connectivity index (χ3v) is 20.0. The Balaban J connectivity index is 1.10. The predicted molar refractivity (Wildman–Crippen MR) is 323 cm³/mol. The Morgan fingerprint density at radius 1 is 0.352 bits per heavy atom. The molecule has 10 atom stereocenters. The van der Waals surface area contributed by atoms with Crippen molar-refractivity contribution < 1.29 is 80.9 Å². The van der Waals surface area contributed by atoms with Crippen LogP contribution in [0.25, 0.3) is 0 Å². The van der Waals surface area contributed by atoms with Crippen molar-refractivity contribution in [2.24, 2.45) is 0 Å². The Morgan fingerprint density at radius 2 is 0.614 bits per heavy atom. The summed E-state index contributed by atoms with van der Waals surface area (Å²) in [6.45, 7) is 5.07. The molecule has 10 rings (SSSR count). The molecule has 2 aliphatic heterocycles. The van der Waals surface area contributed by atoms with Gasteiger partial charge in [0.25, 0.3) is 8.32 Å². The molecule has 0 aliphatic carbocycles. The van der Waals surface area contributed by atoms with Crippen molar-refractivity contribution in [2.75, 3.05) is 13.2 Å². The second-order valence-corrected chi connectivity index (χ2v) is 26.1. The molecule has 0 amide bonds. The Labute approximate surface area is 509 Å². The van der Waals surface area contributed by atoms with Gasteiger partial charge in [-0.05, 0) is 88.2 Å². The molecule has 2 fully saturated rings. The Hall–Kier alpha value is -9.40. The fourth-order valence-corrected chi connectivity index (χ4v) is 15.3. The van der Waals surface area contributed by atoms with Crippen LogP contribution in [0, 0.1) is 0 Å². The molecular formula is C70H64O17Si. The highest BCUT2D eigenvalue weighted by molar-refractivity contribution is 6.99. The number of ether oxygens (including phenoxy) is 9. The highest BCUT2D eigenvalue weighted by atomic mass is 28.4. The van der Waals surface area contributed by atoms with Crippen LogP contribution in [0.3, 0.4) is 0 Å². The van der Waals surface area contributed by atoms with Gasteiger partial charge in [-0.2, -0.15) is 0 Å². The number of hydrogen-bond donors (Lipinski definition) is 1. The molecule has 0 saturated carbocycles. The molecule has 0 bridgehead atoms. The summed E-state index contributed by atoms with van der Waals surface area (Å²) in [5.41, 5.74) is 0.458. The summed E-state index contributed by atoms with van der Waals surface area (Å²) in [6.07, 6.45) is -17.7. The van der Waals surface area contributed by atoms with Gasteiger partial charge in [0.2, 0.25) is 0 Å². The van der Waals surface area contributed by atoms with Crippen LogP contribution in [0.15, 0.2) is 243 Å². The van der Waals surface area contributed by atoms with E-state index in [0.29, 0.717) is 0 Å². The monoisotopic (exact) mass is 1200 g/mol. The summed E-state index contributed by atoms with van der Waals surface area (Å²) in [5, 5.41) is 13.3. The van der Waals surface area contributed by atoms with Crippen LogP contribution < -0.4 is 10.4 Å². The van der Waals surface area contributed by atoms with E-state index in [1.165, 1.54) is 60.7 Å². The van der Waals surface area contributed by atoms with Crippen molar-refractivity contribution >= 4 is 54.5 Å². The average Bonchev–Trinajstić information content (AvgIpc) is 0.843. The van der Waals surface area contributed by atoms with Gasteiger partial charge in [-0.1, -0.05) is 191 Å². The van der Waals surface area contributed by atoms with Crippen LogP contribution in [0.5, 0.6) is 0 Å². The lowest BCUT2D eigenvalue weighted by Gasteiger charge is -2.48. The summed E-state index contributed by atoms with van der Waals surface area (Å²) in [7, 11) is -3.50. The first kappa shape index (κ1) is 61.7. The Kier molecular flexibility index (Phi) is 19.9. The quantitative estimate of drug-likeness (QED) is 0.0427. The normalized spacial score (nSPS) is 21.8. The molecule has 17 nitrogen and oxygen atoms in total. The lowest BCUT2D eigenvalue weighted by molar-refractivity contribution is -0.322. The van der Waals surface area contributed by atoms with Gasteiger partial charge in [-0.3, -0.25) is 0 Å². The molecule has 0 radical (unpaired) electrons. The summed E-state index contributed by atoms with van der Waals surface area (Å²) in [6, 6.07) is 67.0. The maximum absolute atomic E-state index is 14.7. The Bertz CT molecular complexity index is 3560. The van der Waals surface area contributed by atoms with Crippen LogP contribution in [0.4, 0.5) is 0 Å². The molecular weight excluding hydrogens is 1140 g/mol. The number of carbonyl (C=O) groups excluding carboxylic acids is 6. The van der Waals surface area contributed by atoms with Crippen molar-refractivity contribution in [3.8, 4) is 0 Å². The molecule has 1 N–H and O–H groups in total. The van der Waals surface area contributed by atoms with E-state index in [1.807, 2.05) is 60.7 Å². The zero-order valence-electron chi connectivity index (χ0n) is 48.3. The van der Waals surface area contributed by atoms with Crippen molar-refractivity contribution in [1.29, 1.82) is 0 Å². The second-order valence-electron chi connectivity index (χ2n) is 21.8. The maximum Gasteiger partial charge on any atom is 0.338 e. The van der Waals surface area contributed by atoms with E-state index in [0.717, 1.165) is 10.4 Å². The van der Waals surface area contributed by atoms with E-state index in [4.69, 9.17) is 47.1 Å². The van der Waals surface area contributed by atoms with Crippen LogP contribution in [-0.4, -0.2) is 124 Å². The standard InChI is InChI=1S/C70H64O17Si/c1-70(2,3)88(52-40-24-10-25-41-52,53-42-26-11-27-43-53)79-45-55-57(83-63(72)47-30-14-5-15-31-47)59(85-65(74)49-34-18-7-19-35-49)61(87-67(76)51-38-22-9-23-39-51)69(81-55)78-44-54-56(82-62(71)46-28-12-4-13-29-46)58(84-64(73)48-32-16-6-17-33-48)60(68(77)80-54)86-66(75)50-36-20-8-21-37-50/h4-43,54-61,68-69,77H,44-45H2,1-3H3/t54-,55-,56-,57-,58+,59+,60+,61+,68+,69+/m1/s1. The molecule has 2 heterocycles. The van der Waals surface area contributed by atoms with Crippen LogP contribution in [-0.2, 0) is 47.1 Å². The van der Waals surface area contributed by atoms with E-state index >= 15 is 0 Å². The molecule has 2 saturated heterocycles. The summed E-state index contributed by atoms with van der Waals surface area (Å²) < 4.78 is 65.2. The highest BCUT2D eigenvalue weighted by Gasteiger charge is 2.58. The van der Waals surface area contributed by atoms with E-state index in [9.17, 15) is 33.9 Å². The minimum atomic E-state index is -3.50. The van der Waals surface area contributed by atoms with Gasteiger partial charge in [-0.25, -0.2) is 28.8 Å². The molecule has 2 aliphatic rings. The molecule has 88 heavy (non-hydrogen) atoms. The topological polar surface area (TPSA) is 215 Å². The summed E-state index contributed by atoms with van der Waals surface area (Å²) in [4.78, 5) is 86.4. The van der Waals surface area contributed by atoms with Crippen molar-refractivity contribution in [3.05, 3.63) is 276 Å². The molecule has 0 unspecified atom stereocenters.